The van der Waals surface area contributed by atoms with Gasteiger partial charge in [0.25, 0.3) is 0 Å². The highest BCUT2D eigenvalue weighted by atomic mass is 16.3. The maximum Gasteiger partial charge on any atom is 0.136 e. The molecular formula is C28H25NO. The Kier molecular flexibility index (Phi) is 3.25. The molecule has 0 spiro atoms. The summed E-state index contributed by atoms with van der Waals surface area (Å²) in [5, 5.41) is 4.91. The van der Waals surface area contributed by atoms with Crippen LogP contribution in [0, 0.1) is 0 Å². The number of rotatable bonds is 0. The van der Waals surface area contributed by atoms with Gasteiger partial charge in [-0.05, 0) is 39.6 Å². The molecule has 1 aliphatic rings. The number of benzene rings is 3. The largest absolute Gasteiger partial charge is 0.456 e. The van der Waals surface area contributed by atoms with Crippen LogP contribution in [0.2, 0.25) is 0 Å². The third-order valence-corrected chi connectivity index (χ3v) is 6.83. The molecule has 0 atom stereocenters. The van der Waals surface area contributed by atoms with Gasteiger partial charge in [0.2, 0.25) is 0 Å². The van der Waals surface area contributed by atoms with E-state index in [1.54, 1.807) is 0 Å². The van der Waals surface area contributed by atoms with E-state index >= 15 is 0 Å². The van der Waals surface area contributed by atoms with Crippen molar-refractivity contribution in [3.05, 3.63) is 77.5 Å². The highest BCUT2D eigenvalue weighted by molar-refractivity contribution is 6.16. The molecular weight excluding hydrogens is 366 g/mol. The summed E-state index contributed by atoms with van der Waals surface area (Å²) in [6, 6.07) is 19.7. The van der Waals surface area contributed by atoms with Crippen LogP contribution in [-0.2, 0) is 10.8 Å². The van der Waals surface area contributed by atoms with Gasteiger partial charge in [-0.15, -0.1) is 0 Å². The molecule has 2 heteroatoms. The van der Waals surface area contributed by atoms with E-state index in [0.29, 0.717) is 0 Å². The van der Waals surface area contributed by atoms with Crippen LogP contribution >= 0.6 is 0 Å². The van der Waals surface area contributed by atoms with Crippen LogP contribution in [0.25, 0.3) is 44.0 Å². The minimum Gasteiger partial charge on any atom is -0.456 e. The van der Waals surface area contributed by atoms with Crippen molar-refractivity contribution < 1.29 is 4.42 Å². The monoisotopic (exact) mass is 391 g/mol. The van der Waals surface area contributed by atoms with Gasteiger partial charge in [0.05, 0.1) is 5.69 Å². The second-order valence-electron chi connectivity index (χ2n) is 10.1. The maximum absolute atomic E-state index is 6.24. The van der Waals surface area contributed by atoms with Gasteiger partial charge in [0.15, 0.2) is 0 Å². The molecule has 1 aliphatic carbocycles. The number of hydrogen-bond donors (Lipinski definition) is 0. The van der Waals surface area contributed by atoms with Crippen molar-refractivity contribution in [3.8, 4) is 11.3 Å². The van der Waals surface area contributed by atoms with Crippen LogP contribution < -0.4 is 0 Å². The molecule has 0 amide bonds. The zero-order valence-electron chi connectivity index (χ0n) is 18.1. The lowest BCUT2D eigenvalue weighted by molar-refractivity contribution is 0.590. The Morgan fingerprint density at radius 3 is 2.37 bits per heavy atom. The second kappa shape index (κ2) is 5.51. The molecule has 0 aliphatic heterocycles. The number of furan rings is 1. The molecule has 2 heterocycles. The SMILES string of the molecule is CC(C)(C)c1ccc2cnc3c(c2c1)C(C)(C)c1cccc2oc4cccc-3c4c12. The van der Waals surface area contributed by atoms with Crippen LogP contribution in [-0.4, -0.2) is 4.98 Å². The van der Waals surface area contributed by atoms with Crippen molar-refractivity contribution in [3.63, 3.8) is 0 Å². The Balaban J connectivity index is 1.86. The van der Waals surface area contributed by atoms with Crippen molar-refractivity contribution in [2.24, 2.45) is 0 Å². The van der Waals surface area contributed by atoms with E-state index in [4.69, 9.17) is 9.40 Å². The number of nitrogens with zero attached hydrogens (tertiary/aromatic N) is 1. The smallest absolute Gasteiger partial charge is 0.136 e. The highest BCUT2D eigenvalue weighted by Gasteiger charge is 2.36. The van der Waals surface area contributed by atoms with E-state index in [1.165, 1.54) is 43.8 Å². The first-order valence-electron chi connectivity index (χ1n) is 10.7. The first-order chi connectivity index (χ1) is 14.3. The summed E-state index contributed by atoms with van der Waals surface area (Å²) in [7, 11) is 0. The molecule has 6 rings (SSSR count). The first kappa shape index (κ1) is 17.7. The molecule has 0 radical (unpaired) electrons. The van der Waals surface area contributed by atoms with Crippen molar-refractivity contribution in [1.82, 2.24) is 4.98 Å². The molecule has 148 valence electrons. The Labute approximate surface area is 176 Å². The van der Waals surface area contributed by atoms with Crippen LogP contribution in [0.1, 0.15) is 51.3 Å². The topological polar surface area (TPSA) is 26.0 Å². The fourth-order valence-corrected chi connectivity index (χ4v) is 5.23. The van der Waals surface area contributed by atoms with E-state index in [0.717, 1.165) is 16.9 Å². The van der Waals surface area contributed by atoms with Gasteiger partial charge in [-0.3, -0.25) is 4.98 Å². The lowest BCUT2D eigenvalue weighted by Gasteiger charge is -2.29. The van der Waals surface area contributed by atoms with Crippen molar-refractivity contribution >= 4 is 32.7 Å². The Bertz CT molecular complexity index is 1490. The molecule has 0 fully saturated rings. The van der Waals surface area contributed by atoms with Gasteiger partial charge in [-0.1, -0.05) is 77.1 Å². The Hall–Kier alpha value is -3.13. The zero-order valence-corrected chi connectivity index (χ0v) is 18.1. The molecule has 0 saturated heterocycles. The predicted octanol–water partition coefficient (Wildman–Crippen LogP) is 7.74. The van der Waals surface area contributed by atoms with Gasteiger partial charge in [-0.2, -0.15) is 0 Å². The first-order valence-corrected chi connectivity index (χ1v) is 10.7. The molecule has 3 aromatic carbocycles. The predicted molar refractivity (Wildman–Crippen MR) is 125 cm³/mol. The molecule has 2 nitrogen and oxygen atoms in total. The Morgan fingerprint density at radius 1 is 0.867 bits per heavy atom. The quantitative estimate of drug-likeness (QED) is 0.270. The van der Waals surface area contributed by atoms with Crippen LogP contribution in [0.15, 0.2) is 65.2 Å². The summed E-state index contributed by atoms with van der Waals surface area (Å²) in [6.45, 7) is 11.5. The minimum atomic E-state index is -0.215. The van der Waals surface area contributed by atoms with E-state index in [2.05, 4.69) is 89.2 Å². The average molecular weight is 392 g/mol. The zero-order chi connectivity index (χ0) is 20.8. The number of pyridine rings is 1. The van der Waals surface area contributed by atoms with E-state index in [-0.39, 0.29) is 10.8 Å². The third-order valence-electron chi connectivity index (χ3n) is 6.83. The van der Waals surface area contributed by atoms with Gasteiger partial charge >= 0.3 is 0 Å². The van der Waals surface area contributed by atoms with E-state index in [1.807, 2.05) is 6.20 Å². The van der Waals surface area contributed by atoms with E-state index < -0.39 is 0 Å². The van der Waals surface area contributed by atoms with Crippen molar-refractivity contribution in [2.45, 2.75) is 45.4 Å². The van der Waals surface area contributed by atoms with Gasteiger partial charge < -0.3 is 4.42 Å². The van der Waals surface area contributed by atoms with Crippen LogP contribution in [0.3, 0.4) is 0 Å². The summed E-state index contributed by atoms with van der Waals surface area (Å²) in [5.41, 5.74) is 7.97. The normalized spacial score (nSPS) is 15.1. The number of fused-ring (bicyclic) bond motifs is 4. The molecule has 0 bridgehead atoms. The standard InChI is InChI=1S/C28H25NO/c1-27(2,3)17-13-12-16-15-29-26-18-8-6-10-21-23(18)24-20(9-7-11-22(24)30-21)28(4,5)25(26)19(16)14-17/h6-15H,1-5H3. The van der Waals surface area contributed by atoms with Gasteiger partial charge in [0.1, 0.15) is 11.2 Å². The summed E-state index contributed by atoms with van der Waals surface area (Å²) >= 11 is 0. The molecule has 0 N–H and O–H groups in total. The fourth-order valence-electron chi connectivity index (χ4n) is 5.23. The molecule has 5 aromatic rings. The number of hydrogen-bond acceptors (Lipinski definition) is 2. The van der Waals surface area contributed by atoms with Crippen LogP contribution in [0.4, 0.5) is 0 Å². The Morgan fingerprint density at radius 2 is 1.60 bits per heavy atom. The molecule has 0 unspecified atom stereocenters. The lowest BCUT2D eigenvalue weighted by atomic mass is 9.74. The summed E-state index contributed by atoms with van der Waals surface area (Å²) < 4.78 is 6.24. The molecule has 30 heavy (non-hydrogen) atoms. The van der Waals surface area contributed by atoms with Crippen molar-refractivity contribution in [2.75, 3.05) is 0 Å². The summed E-state index contributed by atoms with van der Waals surface area (Å²) in [5.74, 6) is 0. The lowest BCUT2D eigenvalue weighted by Crippen LogP contribution is -2.21. The van der Waals surface area contributed by atoms with E-state index in [9.17, 15) is 0 Å². The van der Waals surface area contributed by atoms with Gasteiger partial charge in [0, 0.05) is 33.3 Å². The average Bonchev–Trinajstić information content (AvgIpc) is 3.06. The molecule has 0 saturated carbocycles. The highest BCUT2D eigenvalue weighted by Crippen LogP contribution is 2.50. The minimum absolute atomic E-state index is 0.0919. The van der Waals surface area contributed by atoms with Crippen LogP contribution in [0.5, 0.6) is 0 Å². The third kappa shape index (κ3) is 2.17. The second-order valence-corrected chi connectivity index (χ2v) is 10.1. The molecule has 2 aromatic heterocycles. The van der Waals surface area contributed by atoms with Gasteiger partial charge in [-0.25, -0.2) is 0 Å². The van der Waals surface area contributed by atoms with Crippen molar-refractivity contribution in [1.29, 1.82) is 0 Å². The fraction of sp³-hybridized carbons (Fsp3) is 0.250. The maximum atomic E-state index is 6.24. The summed E-state index contributed by atoms with van der Waals surface area (Å²) in [4.78, 5) is 5.03. The summed E-state index contributed by atoms with van der Waals surface area (Å²) in [6.07, 6.45) is 2.03. The number of aromatic nitrogens is 1.